The molecule has 1 N–H and O–H groups in total. The Morgan fingerprint density at radius 1 is 1.12 bits per heavy atom. The van der Waals surface area contributed by atoms with Crippen molar-refractivity contribution in [3.05, 3.63) is 70.6 Å². The summed E-state index contributed by atoms with van der Waals surface area (Å²) in [5, 5.41) is 6.12. The molecule has 1 amide bonds. The number of amides is 1. The lowest BCUT2D eigenvalue weighted by Crippen LogP contribution is -2.21. The fraction of sp³-hybridized carbons (Fsp3) is 0.0625. The number of nitrogens with one attached hydrogen (secondary N) is 1. The van der Waals surface area contributed by atoms with E-state index in [1.807, 2.05) is 0 Å². The molecule has 0 aliphatic rings. The van der Waals surface area contributed by atoms with E-state index in [1.165, 1.54) is 18.3 Å². The van der Waals surface area contributed by atoms with Crippen LogP contribution in [0.25, 0.3) is 5.82 Å². The van der Waals surface area contributed by atoms with Gasteiger partial charge in [0.25, 0.3) is 5.91 Å². The molecule has 0 unspecified atom stereocenters. The molecule has 1 aromatic carbocycles. The van der Waals surface area contributed by atoms with Crippen LogP contribution < -0.4 is 5.32 Å². The van der Waals surface area contributed by atoms with Crippen LogP contribution in [-0.2, 0) is 6.18 Å². The molecular formula is C16H10BrF3N4O. The molecule has 0 aliphatic heterocycles. The maximum atomic E-state index is 13.5. The zero-order valence-electron chi connectivity index (χ0n) is 12.5. The van der Waals surface area contributed by atoms with E-state index in [0.29, 0.717) is 10.4 Å². The van der Waals surface area contributed by atoms with Crippen molar-refractivity contribution in [1.82, 2.24) is 14.8 Å². The van der Waals surface area contributed by atoms with E-state index in [4.69, 9.17) is 0 Å². The summed E-state index contributed by atoms with van der Waals surface area (Å²) in [5.74, 6) is -0.936. The van der Waals surface area contributed by atoms with Crippen LogP contribution in [0.2, 0.25) is 0 Å². The van der Waals surface area contributed by atoms with Gasteiger partial charge in [-0.3, -0.25) is 4.79 Å². The number of hydrogen-bond acceptors (Lipinski definition) is 3. The molecule has 2 aromatic heterocycles. The lowest BCUT2D eigenvalue weighted by molar-refractivity contribution is -0.143. The third-order valence-electron chi connectivity index (χ3n) is 3.25. The minimum atomic E-state index is -4.78. The van der Waals surface area contributed by atoms with Crippen LogP contribution in [0.4, 0.5) is 18.9 Å². The first-order chi connectivity index (χ1) is 11.9. The fourth-order valence-corrected chi connectivity index (χ4v) is 2.44. The number of aromatic nitrogens is 3. The average molecular weight is 411 g/mol. The van der Waals surface area contributed by atoms with Crippen molar-refractivity contribution in [3.8, 4) is 5.82 Å². The Hall–Kier alpha value is -2.68. The summed E-state index contributed by atoms with van der Waals surface area (Å²) in [4.78, 5) is 16.2. The maximum absolute atomic E-state index is 13.5. The molecule has 0 saturated heterocycles. The normalized spacial score (nSPS) is 11.4. The fourth-order valence-electron chi connectivity index (χ4n) is 2.17. The summed E-state index contributed by atoms with van der Waals surface area (Å²) in [5.41, 5.74) is -1.39. The van der Waals surface area contributed by atoms with Gasteiger partial charge in [0.15, 0.2) is 11.5 Å². The molecule has 128 valence electrons. The van der Waals surface area contributed by atoms with Crippen molar-refractivity contribution >= 4 is 27.5 Å². The number of hydrogen-bond donors (Lipinski definition) is 1. The number of halogens is 4. The molecule has 0 fully saturated rings. The lowest BCUT2D eigenvalue weighted by atomic mass is 10.2. The largest absolute Gasteiger partial charge is 0.434 e. The molecule has 0 spiro atoms. The number of alkyl halides is 3. The van der Waals surface area contributed by atoms with E-state index >= 15 is 0 Å². The first-order valence-corrected chi connectivity index (χ1v) is 7.79. The van der Waals surface area contributed by atoms with Crippen molar-refractivity contribution in [2.24, 2.45) is 0 Å². The van der Waals surface area contributed by atoms with Gasteiger partial charge in [0.2, 0.25) is 0 Å². The van der Waals surface area contributed by atoms with Crippen molar-refractivity contribution in [3.63, 3.8) is 0 Å². The van der Waals surface area contributed by atoms with Gasteiger partial charge in [-0.05, 0) is 36.4 Å². The van der Waals surface area contributed by atoms with E-state index in [9.17, 15) is 18.0 Å². The first-order valence-electron chi connectivity index (χ1n) is 7.00. The molecule has 5 nitrogen and oxygen atoms in total. The van der Waals surface area contributed by atoms with E-state index in [1.54, 1.807) is 30.3 Å². The Morgan fingerprint density at radius 2 is 1.84 bits per heavy atom. The van der Waals surface area contributed by atoms with E-state index in [2.05, 4.69) is 31.3 Å². The van der Waals surface area contributed by atoms with E-state index < -0.39 is 23.3 Å². The zero-order valence-corrected chi connectivity index (χ0v) is 14.0. The molecule has 0 radical (unpaired) electrons. The predicted octanol–water partition coefficient (Wildman–Crippen LogP) is 4.30. The van der Waals surface area contributed by atoms with Gasteiger partial charge in [-0.25, -0.2) is 9.67 Å². The van der Waals surface area contributed by atoms with Gasteiger partial charge in [-0.2, -0.15) is 18.3 Å². The van der Waals surface area contributed by atoms with Crippen LogP contribution in [0.3, 0.4) is 0 Å². The number of carbonyl (C=O) groups is 1. The third-order valence-corrected chi connectivity index (χ3v) is 3.78. The highest BCUT2D eigenvalue weighted by atomic mass is 79.9. The number of rotatable bonds is 3. The smallest absolute Gasteiger partial charge is 0.322 e. The van der Waals surface area contributed by atoms with E-state index in [0.717, 1.165) is 10.7 Å². The van der Waals surface area contributed by atoms with Gasteiger partial charge in [0.05, 0.1) is 11.8 Å². The van der Waals surface area contributed by atoms with E-state index in [-0.39, 0.29) is 5.82 Å². The van der Waals surface area contributed by atoms with Gasteiger partial charge in [0.1, 0.15) is 0 Å². The van der Waals surface area contributed by atoms with Crippen LogP contribution in [0.1, 0.15) is 16.1 Å². The second kappa shape index (κ2) is 6.67. The summed E-state index contributed by atoms with van der Waals surface area (Å²) in [6.45, 7) is 0. The molecule has 2 heterocycles. The van der Waals surface area contributed by atoms with Crippen molar-refractivity contribution in [2.75, 3.05) is 5.32 Å². The number of pyridine rings is 1. The Labute approximate surface area is 148 Å². The number of nitrogens with zero attached hydrogens (tertiary/aromatic N) is 3. The highest BCUT2D eigenvalue weighted by Crippen LogP contribution is 2.33. The van der Waals surface area contributed by atoms with Crippen molar-refractivity contribution in [1.29, 1.82) is 0 Å². The quantitative estimate of drug-likeness (QED) is 0.699. The van der Waals surface area contributed by atoms with Crippen LogP contribution >= 0.6 is 15.9 Å². The molecule has 3 rings (SSSR count). The Morgan fingerprint density at radius 3 is 2.44 bits per heavy atom. The summed E-state index contributed by atoms with van der Waals surface area (Å²) in [7, 11) is 0. The second-order valence-corrected chi connectivity index (χ2v) is 5.88. The molecule has 3 aromatic rings. The Balaban J connectivity index is 2.00. The van der Waals surface area contributed by atoms with Crippen molar-refractivity contribution in [2.45, 2.75) is 6.18 Å². The summed E-state index contributed by atoms with van der Waals surface area (Å²) in [6, 6.07) is 10.9. The number of anilines is 1. The van der Waals surface area contributed by atoms with Gasteiger partial charge >= 0.3 is 6.18 Å². The zero-order chi connectivity index (χ0) is 18.0. The lowest BCUT2D eigenvalue weighted by Gasteiger charge is -2.12. The predicted molar refractivity (Wildman–Crippen MR) is 88.5 cm³/mol. The van der Waals surface area contributed by atoms with Crippen LogP contribution in [0.15, 0.2) is 59.3 Å². The number of carbonyl (C=O) groups excluding carboxylic acids is 1. The van der Waals surface area contributed by atoms with Crippen molar-refractivity contribution < 1.29 is 18.0 Å². The number of benzene rings is 1. The summed E-state index contributed by atoms with van der Waals surface area (Å²) in [6.07, 6.45) is -2.55. The molecule has 0 aliphatic carbocycles. The SMILES string of the molecule is O=C(Nc1ccc(Br)cc1)c1cnn(-c2ccccn2)c1C(F)(F)F. The standard InChI is InChI=1S/C16H10BrF3N4O/c17-10-4-6-11(7-5-10)23-15(25)12-9-22-24(14(12)16(18,19)20)13-3-1-2-8-21-13/h1-9H,(H,23,25). The molecule has 9 heteroatoms. The molecule has 0 bridgehead atoms. The summed E-state index contributed by atoms with van der Waals surface area (Å²) < 4.78 is 41.9. The van der Waals surface area contributed by atoms with Crippen LogP contribution in [0, 0.1) is 0 Å². The average Bonchev–Trinajstić information content (AvgIpc) is 3.03. The molecular weight excluding hydrogens is 401 g/mol. The monoisotopic (exact) mass is 410 g/mol. The van der Waals surface area contributed by atoms with Gasteiger partial charge in [-0.1, -0.05) is 22.0 Å². The third kappa shape index (κ3) is 3.71. The maximum Gasteiger partial charge on any atom is 0.434 e. The topological polar surface area (TPSA) is 59.8 Å². The first kappa shape index (κ1) is 17.2. The minimum absolute atomic E-state index is 0.0301. The van der Waals surface area contributed by atoms with Gasteiger partial charge < -0.3 is 5.32 Å². The Kier molecular flexibility index (Phi) is 4.58. The van der Waals surface area contributed by atoms with Gasteiger partial charge in [0, 0.05) is 16.4 Å². The second-order valence-electron chi connectivity index (χ2n) is 4.97. The van der Waals surface area contributed by atoms with Crippen LogP contribution in [0.5, 0.6) is 0 Å². The minimum Gasteiger partial charge on any atom is -0.322 e. The molecule has 0 atom stereocenters. The molecule has 25 heavy (non-hydrogen) atoms. The summed E-state index contributed by atoms with van der Waals surface area (Å²) >= 11 is 3.24. The molecule has 0 saturated carbocycles. The van der Waals surface area contributed by atoms with Crippen LogP contribution in [-0.4, -0.2) is 20.7 Å². The Bertz CT molecular complexity index is 892. The van der Waals surface area contributed by atoms with Gasteiger partial charge in [-0.15, -0.1) is 0 Å². The highest BCUT2D eigenvalue weighted by molar-refractivity contribution is 9.10. The highest BCUT2D eigenvalue weighted by Gasteiger charge is 2.40.